The van der Waals surface area contributed by atoms with E-state index in [1.165, 1.54) is 25.1 Å². The highest BCUT2D eigenvalue weighted by molar-refractivity contribution is 8.00. The Morgan fingerprint density at radius 1 is 1.23 bits per heavy atom. The van der Waals surface area contributed by atoms with Gasteiger partial charge in [0.1, 0.15) is 5.82 Å². The molecule has 0 aliphatic carbocycles. The van der Waals surface area contributed by atoms with Crippen molar-refractivity contribution in [2.24, 2.45) is 0 Å². The molecule has 10 heteroatoms. The summed E-state index contributed by atoms with van der Waals surface area (Å²) in [5.74, 6) is -1.35. The fraction of sp³-hybridized carbons (Fsp3) is 0.188. The predicted molar refractivity (Wildman–Crippen MR) is 88.4 cm³/mol. The maximum atomic E-state index is 13.6. The summed E-state index contributed by atoms with van der Waals surface area (Å²) < 4.78 is 53.0. The van der Waals surface area contributed by atoms with Gasteiger partial charge in [-0.1, -0.05) is 12.1 Å². The Kier molecular flexibility index (Phi) is 5.86. The Morgan fingerprint density at radius 2 is 1.88 bits per heavy atom. The molecule has 5 nitrogen and oxygen atoms in total. The third-order valence-corrected chi connectivity index (χ3v) is 4.44. The first-order valence-corrected chi connectivity index (χ1v) is 8.05. The molecular weight excluding hydrogens is 376 g/mol. The van der Waals surface area contributed by atoms with Crippen molar-refractivity contribution in [2.75, 3.05) is 5.32 Å². The Labute approximate surface area is 149 Å². The van der Waals surface area contributed by atoms with Crippen LogP contribution in [0.4, 0.5) is 28.9 Å². The number of nitro benzene ring substituents is 1. The quantitative estimate of drug-likeness (QED) is 0.343. The number of non-ortho nitro benzene ring substituents is 1. The monoisotopic (exact) mass is 388 g/mol. The smallest absolute Gasteiger partial charge is 0.325 e. The maximum Gasteiger partial charge on any atom is 0.418 e. The zero-order chi connectivity index (χ0) is 19.5. The van der Waals surface area contributed by atoms with E-state index in [-0.39, 0.29) is 4.90 Å². The molecule has 0 heterocycles. The van der Waals surface area contributed by atoms with Gasteiger partial charge in [0, 0.05) is 17.0 Å². The number of benzene rings is 2. The molecule has 26 heavy (non-hydrogen) atoms. The zero-order valence-electron chi connectivity index (χ0n) is 13.2. The molecule has 0 bridgehead atoms. The van der Waals surface area contributed by atoms with Crippen LogP contribution in [-0.2, 0) is 11.0 Å². The normalized spacial score (nSPS) is 12.5. The number of nitrogens with one attached hydrogen (secondary N) is 1. The number of hydrogen-bond acceptors (Lipinski definition) is 4. The Morgan fingerprint density at radius 3 is 2.46 bits per heavy atom. The molecule has 1 atom stereocenters. The summed E-state index contributed by atoms with van der Waals surface area (Å²) in [6.07, 6.45) is -4.89. The van der Waals surface area contributed by atoms with E-state index in [1.54, 1.807) is 6.07 Å². The fourth-order valence-electron chi connectivity index (χ4n) is 2.01. The van der Waals surface area contributed by atoms with Crippen molar-refractivity contribution >= 4 is 29.0 Å². The molecule has 0 aliphatic rings. The molecule has 2 aromatic carbocycles. The van der Waals surface area contributed by atoms with Gasteiger partial charge < -0.3 is 5.32 Å². The van der Waals surface area contributed by atoms with E-state index in [2.05, 4.69) is 5.32 Å². The Bertz CT molecular complexity index is 842. The second-order valence-corrected chi connectivity index (χ2v) is 6.55. The third kappa shape index (κ3) is 4.72. The zero-order valence-corrected chi connectivity index (χ0v) is 14.0. The molecule has 2 aromatic rings. The summed E-state index contributed by atoms with van der Waals surface area (Å²) in [6.45, 7) is 1.41. The molecular formula is C16H12F4N2O3S. The summed E-state index contributed by atoms with van der Waals surface area (Å²) in [4.78, 5) is 22.1. The highest BCUT2D eigenvalue weighted by atomic mass is 32.2. The second-order valence-electron chi connectivity index (χ2n) is 5.16. The van der Waals surface area contributed by atoms with Crippen LogP contribution in [0.25, 0.3) is 0 Å². The Balaban J connectivity index is 2.22. The predicted octanol–water partition coefficient (Wildman–Crippen LogP) is 4.87. The van der Waals surface area contributed by atoms with Gasteiger partial charge in [-0.05, 0) is 25.1 Å². The molecule has 0 aliphatic heterocycles. The van der Waals surface area contributed by atoms with E-state index in [1.807, 2.05) is 0 Å². The van der Waals surface area contributed by atoms with E-state index in [4.69, 9.17) is 0 Å². The third-order valence-electron chi connectivity index (χ3n) is 3.29. The standard InChI is InChI=1S/C16H12F4N2O3S/c1-9(26-14-5-3-2-4-12(14)17)15(23)21-13-7-6-10(22(24)25)8-11(13)16(18,19)20/h2-9H,1H3,(H,21,23)/t9-/m0/s1. The number of nitrogens with zero attached hydrogens (tertiary/aromatic N) is 1. The van der Waals surface area contributed by atoms with E-state index < -0.39 is 45.0 Å². The van der Waals surface area contributed by atoms with Crippen molar-refractivity contribution in [1.29, 1.82) is 0 Å². The van der Waals surface area contributed by atoms with Crippen LogP contribution in [0.2, 0.25) is 0 Å². The van der Waals surface area contributed by atoms with Crippen LogP contribution in [-0.4, -0.2) is 16.1 Å². The van der Waals surface area contributed by atoms with E-state index >= 15 is 0 Å². The molecule has 0 spiro atoms. The second kappa shape index (κ2) is 7.73. The van der Waals surface area contributed by atoms with Crippen molar-refractivity contribution in [1.82, 2.24) is 0 Å². The lowest BCUT2D eigenvalue weighted by Crippen LogP contribution is -2.24. The summed E-state index contributed by atoms with van der Waals surface area (Å²) in [7, 11) is 0. The molecule has 0 saturated carbocycles. The average molecular weight is 388 g/mol. The lowest BCUT2D eigenvalue weighted by atomic mass is 10.1. The summed E-state index contributed by atoms with van der Waals surface area (Å²) in [6, 6.07) is 7.70. The van der Waals surface area contributed by atoms with Gasteiger partial charge in [0.25, 0.3) is 5.69 Å². The van der Waals surface area contributed by atoms with Crippen LogP contribution in [0.15, 0.2) is 47.4 Å². The number of halogens is 4. The highest BCUT2D eigenvalue weighted by Gasteiger charge is 2.36. The van der Waals surface area contributed by atoms with Gasteiger partial charge in [-0.2, -0.15) is 13.2 Å². The number of nitro groups is 1. The van der Waals surface area contributed by atoms with E-state index in [0.717, 1.165) is 23.9 Å². The van der Waals surface area contributed by atoms with Crippen LogP contribution in [0.1, 0.15) is 12.5 Å². The molecule has 0 saturated heterocycles. The van der Waals surface area contributed by atoms with Gasteiger partial charge in [-0.25, -0.2) is 4.39 Å². The maximum absolute atomic E-state index is 13.6. The minimum Gasteiger partial charge on any atom is -0.325 e. The van der Waals surface area contributed by atoms with Crippen LogP contribution >= 0.6 is 11.8 Å². The molecule has 2 rings (SSSR count). The minimum atomic E-state index is -4.89. The largest absolute Gasteiger partial charge is 0.418 e. The highest BCUT2D eigenvalue weighted by Crippen LogP contribution is 2.37. The molecule has 138 valence electrons. The molecule has 0 radical (unpaired) electrons. The first kappa shape index (κ1) is 19.7. The molecule has 0 fully saturated rings. The fourth-order valence-corrected chi connectivity index (χ4v) is 2.89. The topological polar surface area (TPSA) is 72.2 Å². The van der Waals surface area contributed by atoms with Crippen LogP contribution < -0.4 is 5.32 Å². The summed E-state index contributed by atoms with van der Waals surface area (Å²) >= 11 is 0.842. The first-order valence-electron chi connectivity index (χ1n) is 7.17. The number of alkyl halides is 3. The van der Waals surface area contributed by atoms with Crippen molar-refractivity contribution in [3.05, 3.63) is 64.0 Å². The van der Waals surface area contributed by atoms with Crippen molar-refractivity contribution in [2.45, 2.75) is 23.2 Å². The number of anilines is 1. The van der Waals surface area contributed by atoms with Gasteiger partial charge in [0.2, 0.25) is 5.91 Å². The van der Waals surface area contributed by atoms with Crippen LogP contribution in [0.5, 0.6) is 0 Å². The average Bonchev–Trinajstić information content (AvgIpc) is 2.56. The number of carbonyl (C=O) groups is 1. The number of thioether (sulfide) groups is 1. The van der Waals surface area contributed by atoms with E-state index in [0.29, 0.717) is 6.07 Å². The van der Waals surface area contributed by atoms with Gasteiger partial charge >= 0.3 is 6.18 Å². The molecule has 0 unspecified atom stereocenters. The minimum absolute atomic E-state index is 0.176. The van der Waals surface area contributed by atoms with Crippen LogP contribution in [0, 0.1) is 15.9 Å². The van der Waals surface area contributed by atoms with Crippen molar-refractivity contribution in [3.63, 3.8) is 0 Å². The van der Waals surface area contributed by atoms with Gasteiger partial charge in [-0.3, -0.25) is 14.9 Å². The summed E-state index contributed by atoms with van der Waals surface area (Å²) in [5.41, 5.74) is -2.68. The molecule has 1 amide bonds. The van der Waals surface area contributed by atoms with Gasteiger partial charge in [0.05, 0.1) is 21.4 Å². The first-order chi connectivity index (χ1) is 12.1. The summed E-state index contributed by atoms with van der Waals surface area (Å²) in [5, 5.41) is 11.9. The molecule has 1 N–H and O–H groups in total. The lowest BCUT2D eigenvalue weighted by molar-refractivity contribution is -0.385. The number of rotatable bonds is 5. The van der Waals surface area contributed by atoms with Gasteiger partial charge in [0.15, 0.2) is 0 Å². The van der Waals surface area contributed by atoms with Crippen molar-refractivity contribution < 1.29 is 27.3 Å². The SMILES string of the molecule is C[C@H](Sc1ccccc1F)C(=O)Nc1ccc([N+](=O)[O-])cc1C(F)(F)F. The van der Waals surface area contributed by atoms with Crippen molar-refractivity contribution in [3.8, 4) is 0 Å². The Hall–Kier alpha value is -2.62. The number of carbonyl (C=O) groups excluding carboxylic acids is 1. The van der Waals surface area contributed by atoms with E-state index in [9.17, 15) is 32.5 Å². The lowest BCUT2D eigenvalue weighted by Gasteiger charge is -2.16. The number of amides is 1. The molecule has 0 aromatic heterocycles. The van der Waals surface area contributed by atoms with Crippen LogP contribution in [0.3, 0.4) is 0 Å². The van der Waals surface area contributed by atoms with Gasteiger partial charge in [-0.15, -0.1) is 11.8 Å². The number of hydrogen-bond donors (Lipinski definition) is 1.